The van der Waals surface area contributed by atoms with Crippen molar-refractivity contribution in [2.75, 3.05) is 9.80 Å². The van der Waals surface area contributed by atoms with Gasteiger partial charge in [0.05, 0.1) is 22.7 Å². The van der Waals surface area contributed by atoms with Crippen LogP contribution in [0.1, 0.15) is 98.3 Å². The van der Waals surface area contributed by atoms with Crippen LogP contribution in [0.25, 0.3) is 76.2 Å². The summed E-state index contributed by atoms with van der Waals surface area (Å²) in [4.78, 5) is 5.07. The maximum atomic E-state index is 6.95. The molecule has 0 atom stereocenters. The molecule has 0 amide bonds. The zero-order chi connectivity index (χ0) is 46.5. The van der Waals surface area contributed by atoms with Crippen molar-refractivity contribution >= 4 is 110 Å². The van der Waals surface area contributed by atoms with Gasteiger partial charge in [0.2, 0.25) is 0 Å². The van der Waals surface area contributed by atoms with Gasteiger partial charge in [-0.1, -0.05) is 154 Å². The van der Waals surface area contributed by atoms with Gasteiger partial charge in [-0.2, -0.15) is 0 Å². The minimum atomic E-state index is 0.461. The third kappa shape index (κ3) is 6.49. The van der Waals surface area contributed by atoms with Gasteiger partial charge in [-0.3, -0.25) is 0 Å². The fraction of sp³-hybridized carbons (Fsp3) is 0.212. The van der Waals surface area contributed by atoms with Crippen LogP contribution >= 0.6 is 0 Å². The molecule has 4 nitrogen and oxygen atoms in total. The van der Waals surface area contributed by atoms with E-state index in [2.05, 4.69) is 194 Å². The van der Waals surface area contributed by atoms with Gasteiger partial charge in [-0.05, 0) is 150 Å². The number of nitrogens with zero attached hydrogens (tertiary/aromatic N) is 2. The molecule has 70 heavy (non-hydrogen) atoms. The second-order valence-corrected chi connectivity index (χ2v) is 20.5. The van der Waals surface area contributed by atoms with Crippen LogP contribution < -0.4 is 9.80 Å². The lowest BCUT2D eigenvalue weighted by atomic mass is 9.77. The second kappa shape index (κ2) is 16.6. The molecule has 14 rings (SSSR count). The number of benzene rings is 10. The highest BCUT2D eigenvalue weighted by atomic mass is 16.3. The number of para-hydroxylation sites is 5. The molecule has 0 unspecified atom stereocenters. The number of anilines is 6. The van der Waals surface area contributed by atoms with Crippen molar-refractivity contribution in [1.29, 1.82) is 0 Å². The Morgan fingerprint density at radius 3 is 1.39 bits per heavy atom. The van der Waals surface area contributed by atoms with Crippen molar-refractivity contribution in [2.45, 2.75) is 89.9 Å². The minimum Gasteiger partial charge on any atom is -0.454 e. The molecule has 0 radical (unpaired) electrons. The Bertz CT molecular complexity index is 3960. The minimum absolute atomic E-state index is 0.461. The zero-order valence-corrected chi connectivity index (χ0v) is 40.1. The molecular formula is C66H56N2O2. The summed E-state index contributed by atoms with van der Waals surface area (Å²) in [5.74, 6) is 0.925. The van der Waals surface area contributed by atoms with Crippen LogP contribution in [0.15, 0.2) is 179 Å². The Balaban J connectivity index is 1.13. The summed E-state index contributed by atoms with van der Waals surface area (Å²) in [6, 6.07) is 63.4. The van der Waals surface area contributed by atoms with Crippen LogP contribution in [0.4, 0.5) is 34.1 Å². The molecule has 2 aliphatic carbocycles. The van der Waals surface area contributed by atoms with Crippen molar-refractivity contribution in [3.63, 3.8) is 0 Å². The largest absolute Gasteiger partial charge is 0.454 e. The molecule has 4 heteroatoms. The molecule has 0 saturated heterocycles. The van der Waals surface area contributed by atoms with Crippen LogP contribution in [0, 0.1) is 13.8 Å². The van der Waals surface area contributed by atoms with E-state index in [0.29, 0.717) is 11.8 Å². The molecular weight excluding hydrogens is 853 g/mol. The van der Waals surface area contributed by atoms with Crippen molar-refractivity contribution < 1.29 is 8.83 Å². The molecule has 12 aromatic rings. The van der Waals surface area contributed by atoms with Crippen molar-refractivity contribution in [1.82, 2.24) is 0 Å². The quantitative estimate of drug-likeness (QED) is 0.142. The summed E-state index contributed by atoms with van der Waals surface area (Å²) in [6.45, 7) is 4.49. The van der Waals surface area contributed by atoms with Gasteiger partial charge in [-0.15, -0.1) is 0 Å². The fourth-order valence-electron chi connectivity index (χ4n) is 13.0. The average Bonchev–Trinajstić information content (AvgIpc) is 4.00. The highest BCUT2D eigenvalue weighted by Crippen LogP contribution is 2.55. The molecule has 0 spiro atoms. The monoisotopic (exact) mass is 908 g/mol. The number of aryl methyl sites for hydroxylation is 2. The molecule has 2 aromatic heterocycles. The van der Waals surface area contributed by atoms with E-state index in [1.165, 1.54) is 136 Å². The number of hydrogen-bond donors (Lipinski definition) is 0. The smallest absolute Gasteiger partial charge is 0.159 e. The first-order valence-corrected chi connectivity index (χ1v) is 25.9. The maximum Gasteiger partial charge on any atom is 0.159 e. The third-order valence-electron chi connectivity index (χ3n) is 16.4. The summed E-state index contributed by atoms with van der Waals surface area (Å²) < 4.78 is 13.9. The Kier molecular flexibility index (Phi) is 9.79. The zero-order valence-electron chi connectivity index (χ0n) is 40.1. The van der Waals surface area contributed by atoms with Gasteiger partial charge in [0, 0.05) is 43.7 Å². The third-order valence-corrected chi connectivity index (χ3v) is 16.4. The molecule has 342 valence electrons. The summed E-state index contributed by atoms with van der Waals surface area (Å²) in [5.41, 5.74) is 15.8. The maximum absolute atomic E-state index is 6.95. The van der Waals surface area contributed by atoms with Gasteiger partial charge in [0.25, 0.3) is 0 Å². The highest BCUT2D eigenvalue weighted by molar-refractivity contribution is 6.30. The normalized spacial score (nSPS) is 15.2. The van der Waals surface area contributed by atoms with Gasteiger partial charge >= 0.3 is 0 Å². The van der Waals surface area contributed by atoms with E-state index >= 15 is 0 Å². The topological polar surface area (TPSA) is 32.8 Å². The van der Waals surface area contributed by atoms with E-state index in [0.717, 1.165) is 60.9 Å². The highest BCUT2D eigenvalue weighted by Gasteiger charge is 2.31. The fourth-order valence-corrected chi connectivity index (χ4v) is 13.0. The van der Waals surface area contributed by atoms with E-state index in [1.807, 2.05) is 0 Å². The number of fused-ring (bicyclic) bond motifs is 6. The van der Waals surface area contributed by atoms with Crippen LogP contribution in [0.3, 0.4) is 0 Å². The molecule has 2 fully saturated rings. The number of rotatable bonds is 8. The summed E-state index contributed by atoms with van der Waals surface area (Å²) in [7, 11) is 0. The van der Waals surface area contributed by atoms with E-state index in [-0.39, 0.29) is 0 Å². The molecule has 0 N–H and O–H groups in total. The Hall–Kier alpha value is -7.56. The second-order valence-electron chi connectivity index (χ2n) is 20.5. The first-order valence-electron chi connectivity index (χ1n) is 25.9. The molecule has 2 aliphatic rings. The lowest BCUT2D eigenvalue weighted by molar-refractivity contribution is 0.445. The van der Waals surface area contributed by atoms with E-state index in [1.54, 1.807) is 0 Å². The van der Waals surface area contributed by atoms with E-state index in [4.69, 9.17) is 8.83 Å². The Morgan fingerprint density at radius 1 is 0.357 bits per heavy atom. The molecule has 0 aliphatic heterocycles. The standard InChI is InChI=1S/C66H56N2O2/c1-41-32-33-42(2)58(38-41)68(57-29-17-27-51-47-25-13-15-31-62(47)70-66(51)57)60-40-55(44-20-8-4-9-21-44)49-34-36-52-59(39-54(43-18-6-3-7-19-43)48-35-37-53(60)64(49)63(48)52)67(45-22-10-5-11-23-45)56-28-16-26-50-46-24-12-14-30-61(46)69-65(50)56/h5,10-17,22-40,43-44H,3-4,6-9,18-21H2,1-2H3. The van der Waals surface area contributed by atoms with Crippen LogP contribution in [0.5, 0.6) is 0 Å². The molecule has 2 saturated carbocycles. The van der Waals surface area contributed by atoms with Crippen molar-refractivity contribution in [3.05, 3.63) is 192 Å². The Morgan fingerprint density at radius 2 is 0.829 bits per heavy atom. The first kappa shape index (κ1) is 41.4. The summed E-state index contributed by atoms with van der Waals surface area (Å²) in [6.07, 6.45) is 12.5. The van der Waals surface area contributed by atoms with Crippen LogP contribution in [-0.2, 0) is 0 Å². The van der Waals surface area contributed by atoms with Crippen molar-refractivity contribution in [2.24, 2.45) is 0 Å². The molecule has 2 heterocycles. The summed E-state index contributed by atoms with van der Waals surface area (Å²) in [5, 5.41) is 12.6. The lowest BCUT2D eigenvalue weighted by Gasteiger charge is -2.33. The van der Waals surface area contributed by atoms with Crippen LogP contribution in [0.2, 0.25) is 0 Å². The average molecular weight is 909 g/mol. The predicted molar refractivity (Wildman–Crippen MR) is 295 cm³/mol. The van der Waals surface area contributed by atoms with Gasteiger partial charge in [-0.25, -0.2) is 0 Å². The lowest BCUT2D eigenvalue weighted by Crippen LogP contribution is -2.15. The van der Waals surface area contributed by atoms with Crippen LogP contribution in [-0.4, -0.2) is 0 Å². The summed E-state index contributed by atoms with van der Waals surface area (Å²) >= 11 is 0. The Labute approximate surface area is 409 Å². The molecule has 10 aromatic carbocycles. The van der Waals surface area contributed by atoms with E-state index in [9.17, 15) is 0 Å². The van der Waals surface area contributed by atoms with Gasteiger partial charge in [0.1, 0.15) is 11.2 Å². The first-order chi connectivity index (χ1) is 34.6. The predicted octanol–water partition coefficient (Wildman–Crippen LogP) is 20.0. The van der Waals surface area contributed by atoms with Crippen molar-refractivity contribution in [3.8, 4) is 0 Å². The van der Waals surface area contributed by atoms with Gasteiger partial charge in [0.15, 0.2) is 11.2 Å². The number of hydrogen-bond acceptors (Lipinski definition) is 4. The molecule has 0 bridgehead atoms. The SMILES string of the molecule is Cc1ccc(C)c(N(c2cc(C3CCCCC3)c3ccc4c(N(c5ccccc5)c5cccc6c5oc5ccccc56)cc(C5CCCCC5)c5ccc2c3c54)c2cccc3c2oc2ccccc23)c1. The van der Waals surface area contributed by atoms with E-state index < -0.39 is 0 Å². The van der Waals surface area contributed by atoms with Gasteiger partial charge < -0.3 is 18.6 Å². The number of furan rings is 2.